The summed E-state index contributed by atoms with van der Waals surface area (Å²) >= 11 is 0. The maximum atomic E-state index is 13.4. The van der Waals surface area contributed by atoms with E-state index in [1.807, 2.05) is 59.5 Å². The van der Waals surface area contributed by atoms with Crippen LogP contribution in [0.4, 0.5) is 81.4 Å². The van der Waals surface area contributed by atoms with E-state index in [2.05, 4.69) is 441 Å². The van der Waals surface area contributed by atoms with Crippen molar-refractivity contribution in [3.63, 3.8) is 0 Å². The van der Waals surface area contributed by atoms with Crippen molar-refractivity contribution in [2.24, 2.45) is 0 Å². The van der Waals surface area contributed by atoms with Crippen LogP contribution in [0, 0.1) is 13.8 Å². The number of aryl methyl sites for hydroxylation is 2. The summed E-state index contributed by atoms with van der Waals surface area (Å²) in [4.78, 5) is 8.83. The first kappa shape index (κ1) is 84.2. The van der Waals surface area contributed by atoms with E-state index in [1.165, 1.54) is 157 Å². The van der Waals surface area contributed by atoms with Crippen LogP contribution in [-0.4, -0.2) is 0 Å². The van der Waals surface area contributed by atoms with Gasteiger partial charge >= 0.3 is 6.18 Å². The lowest BCUT2D eigenvalue weighted by Crippen LogP contribution is -2.12. The molecule has 4 nitrogen and oxygen atoms in total. The average Bonchev–Trinajstić information content (AvgIpc) is 1.57. The molecule has 7 heteroatoms. The first-order valence-corrected chi connectivity index (χ1v) is 45.9. The minimum Gasteiger partial charge on any atom is -0.311 e. The van der Waals surface area contributed by atoms with Gasteiger partial charge in [0.1, 0.15) is 0 Å². The summed E-state index contributed by atoms with van der Waals surface area (Å²) in [6, 6.07) is 171. The molecule has 0 saturated heterocycles. The molecule has 0 atom stereocenters. The topological polar surface area (TPSA) is 13.0 Å². The van der Waals surface area contributed by atoms with Crippen molar-refractivity contribution in [3.8, 4) is 89.0 Å². The fraction of sp³-hybridized carbons (Fsp3) is 0.0551. The molecule has 0 unspecified atom stereocenters. The maximum Gasteiger partial charge on any atom is 0.416 e. The highest BCUT2D eigenvalue weighted by Crippen LogP contribution is 2.49. The lowest BCUT2D eigenvalue weighted by molar-refractivity contribution is -0.137. The van der Waals surface area contributed by atoms with E-state index in [-0.39, 0.29) is 0 Å². The minimum atomic E-state index is -4.41. The number of hydrogen-bond donors (Lipinski definition) is 0. The zero-order chi connectivity index (χ0) is 90.4. The van der Waals surface area contributed by atoms with Gasteiger partial charge in [0, 0.05) is 68.1 Å². The molecule has 0 heterocycles. The van der Waals surface area contributed by atoms with E-state index in [1.54, 1.807) is 6.07 Å². The summed E-state index contributed by atoms with van der Waals surface area (Å²) in [5.74, 6) is 0. The van der Waals surface area contributed by atoms with E-state index in [0.717, 1.165) is 94.1 Å². The Morgan fingerprint density at radius 1 is 0.172 bits per heavy atom. The van der Waals surface area contributed by atoms with E-state index in [0.29, 0.717) is 5.69 Å². The van der Waals surface area contributed by atoms with Crippen molar-refractivity contribution in [1.29, 1.82) is 0 Å². The number of hydrogen-bond acceptors (Lipinski definition) is 4. The van der Waals surface area contributed by atoms with Gasteiger partial charge in [-0.05, 0) is 337 Å². The van der Waals surface area contributed by atoms with Gasteiger partial charge in [0.2, 0.25) is 0 Å². The Hall–Kier alpha value is -16.6. The molecule has 4 aliphatic rings. The molecule has 0 fully saturated rings. The van der Waals surface area contributed by atoms with Gasteiger partial charge in [0.05, 0.1) is 11.3 Å². The summed E-state index contributed by atoms with van der Waals surface area (Å²) in [7, 11) is 0. The third-order valence-electron chi connectivity index (χ3n) is 26.2. The lowest BCUT2D eigenvalue weighted by Gasteiger charge is -2.28. The monoisotopic (exact) mass is 1730 g/mol. The quantitative estimate of drug-likeness (QED) is 0.0956. The normalized spacial score (nSPS) is 11.8. The molecule has 0 saturated carbocycles. The highest BCUT2D eigenvalue weighted by molar-refractivity contribution is 5.93. The average molecular weight is 1730 g/mol. The van der Waals surface area contributed by atoms with Crippen molar-refractivity contribution in [2.75, 3.05) is 19.6 Å². The fourth-order valence-electron chi connectivity index (χ4n) is 19.5. The Morgan fingerprint density at radius 3 is 0.776 bits per heavy atom. The van der Waals surface area contributed by atoms with Crippen LogP contribution < -0.4 is 19.6 Å². The highest BCUT2D eigenvalue weighted by Gasteiger charge is 2.32. The molecule has 20 aromatic carbocycles. The fourth-order valence-corrected chi connectivity index (χ4v) is 19.5. The van der Waals surface area contributed by atoms with Gasteiger partial charge in [-0.3, -0.25) is 0 Å². The zero-order valence-electron chi connectivity index (χ0n) is 74.5. The Bertz CT molecular complexity index is 7550. The predicted molar refractivity (Wildman–Crippen MR) is 554 cm³/mol. The first-order chi connectivity index (χ1) is 65.9. The van der Waals surface area contributed by atoms with Crippen LogP contribution in [0.5, 0.6) is 0 Å². The Morgan fingerprint density at radius 2 is 0.418 bits per heavy atom. The Kier molecular flexibility index (Phi) is 23.6. The van der Waals surface area contributed by atoms with Gasteiger partial charge < -0.3 is 19.6 Å². The van der Waals surface area contributed by atoms with Crippen LogP contribution in [0.15, 0.2) is 491 Å². The summed E-state index contributed by atoms with van der Waals surface area (Å²) in [6.07, 6.45) is -0.365. The largest absolute Gasteiger partial charge is 0.416 e. The van der Waals surface area contributed by atoms with E-state index in [4.69, 9.17) is 0 Å². The summed E-state index contributed by atoms with van der Waals surface area (Å²) in [5, 5.41) is 0. The number of anilines is 12. The van der Waals surface area contributed by atoms with Crippen LogP contribution in [0.3, 0.4) is 0 Å². The standard InChI is InChI=1S/C32H22F3N.2C32H25N.C31H23N/c33-32(34,35)26-8-6-11-29(21-26)36(27-9-2-1-3-10-27)28-17-15-22(16-18-28)23-13-14-25-19-24-7-4-5-12-30(24)31(25)20-23;1-23-9-5-8-14-32(23)33(28-11-3-2-4-12-28)29-19-17-24(18-20-29)25-15-16-27-21-26-10-6-7-13-30(26)31(27)22-25;1-23-11-17-29(18-12-23)33(28-8-3-2-4-9-28)30-19-15-24(16-20-30)25-13-14-27-21-26-7-5-6-10-31(26)32(27)22-25;1-3-12-26(13-4-1)32(27-14-5-2-6-15-27)31-18-10-9-17-29(31)25-20-19-24-21-23-11-7-8-16-28(23)30(24)22-25/h1-18,20-21H,19H2;2*2-20,22H,21H2,1H3;1-20,22H,21H2. The molecule has 0 aliphatic heterocycles. The van der Waals surface area contributed by atoms with Crippen molar-refractivity contribution >= 4 is 68.2 Å². The molecule has 0 radical (unpaired) electrons. The summed E-state index contributed by atoms with van der Waals surface area (Å²) in [5.41, 5.74) is 46.0. The molecule has 24 rings (SSSR count). The second-order valence-corrected chi connectivity index (χ2v) is 34.7. The Balaban J connectivity index is 0.000000107. The molecule has 134 heavy (non-hydrogen) atoms. The molecule has 0 aromatic heterocycles. The zero-order valence-corrected chi connectivity index (χ0v) is 74.5. The highest BCUT2D eigenvalue weighted by atomic mass is 19.4. The number of rotatable bonds is 16. The maximum absolute atomic E-state index is 13.4. The van der Waals surface area contributed by atoms with Gasteiger partial charge in [0.15, 0.2) is 0 Å². The minimum absolute atomic E-state index is 0.456. The second-order valence-electron chi connectivity index (χ2n) is 34.7. The van der Waals surface area contributed by atoms with Gasteiger partial charge in [-0.25, -0.2) is 0 Å². The van der Waals surface area contributed by atoms with Crippen molar-refractivity contribution in [3.05, 3.63) is 553 Å². The van der Waals surface area contributed by atoms with Crippen LogP contribution in [0.2, 0.25) is 0 Å². The van der Waals surface area contributed by atoms with Gasteiger partial charge in [0.25, 0.3) is 0 Å². The molecular weight excluding hydrogens is 1640 g/mol. The third kappa shape index (κ3) is 17.5. The molecule has 20 aromatic rings. The summed E-state index contributed by atoms with van der Waals surface area (Å²) < 4.78 is 40.3. The number of halogens is 3. The lowest BCUT2D eigenvalue weighted by atomic mass is 9.96. The Labute approximate surface area is 783 Å². The van der Waals surface area contributed by atoms with Crippen LogP contribution >= 0.6 is 0 Å². The van der Waals surface area contributed by atoms with E-state index < -0.39 is 11.7 Å². The number of para-hydroxylation sites is 7. The number of nitrogens with zero attached hydrogens (tertiary/aromatic N) is 4. The van der Waals surface area contributed by atoms with Crippen molar-refractivity contribution in [2.45, 2.75) is 45.7 Å². The van der Waals surface area contributed by atoms with E-state index in [9.17, 15) is 13.2 Å². The number of fused-ring (bicyclic) bond motifs is 12. The third-order valence-corrected chi connectivity index (χ3v) is 26.2. The van der Waals surface area contributed by atoms with Crippen molar-refractivity contribution < 1.29 is 13.2 Å². The van der Waals surface area contributed by atoms with Gasteiger partial charge in [-0.1, -0.05) is 333 Å². The smallest absolute Gasteiger partial charge is 0.311 e. The predicted octanol–water partition coefficient (Wildman–Crippen LogP) is 35.2. The molecular formula is C127H95F3N4. The SMILES string of the molecule is Cc1ccc(N(c2ccccc2)c2ccc(-c3ccc4c(c3)-c3ccccc3C4)cc2)cc1.Cc1ccccc1N(c1ccccc1)c1ccc(-c2ccc3c(c2)-c2ccccc2C3)cc1.FC(F)(F)c1cccc(N(c2ccccc2)c2ccc(-c3ccc4c(c3)-c3ccccc3C4)cc2)c1.c1ccc(N(c2ccccc2)c2ccccc2-c2ccc3c(c2)-c2ccccc2C3)cc1. The first-order valence-electron chi connectivity index (χ1n) is 45.9. The number of benzene rings is 20. The second kappa shape index (κ2) is 37.5. The summed E-state index contributed by atoms with van der Waals surface area (Å²) in [6.45, 7) is 4.29. The molecule has 0 amide bonds. The molecule has 644 valence electrons. The molecule has 0 N–H and O–H groups in total. The van der Waals surface area contributed by atoms with Crippen LogP contribution in [0.1, 0.15) is 61.2 Å². The van der Waals surface area contributed by atoms with Gasteiger partial charge in [-0.15, -0.1) is 0 Å². The van der Waals surface area contributed by atoms with Crippen LogP contribution in [0.25, 0.3) is 89.0 Å². The van der Waals surface area contributed by atoms with Crippen molar-refractivity contribution in [1.82, 2.24) is 0 Å². The van der Waals surface area contributed by atoms with Gasteiger partial charge in [-0.2, -0.15) is 13.2 Å². The molecule has 4 aliphatic carbocycles. The van der Waals surface area contributed by atoms with Crippen LogP contribution in [-0.2, 0) is 31.9 Å². The molecule has 0 spiro atoms. The number of alkyl halides is 3. The molecule has 0 bridgehead atoms. The van der Waals surface area contributed by atoms with E-state index >= 15 is 0 Å².